The van der Waals surface area contributed by atoms with Crippen molar-refractivity contribution in [3.63, 3.8) is 0 Å². The Morgan fingerprint density at radius 2 is 2.40 bits per heavy atom. The second-order valence-corrected chi connectivity index (χ2v) is 0.695. The van der Waals surface area contributed by atoms with Crippen molar-refractivity contribution >= 4 is 16.9 Å². The minimum absolute atomic E-state index is 0.601. The van der Waals surface area contributed by atoms with E-state index in [0.717, 1.165) is 0 Å². The van der Waals surface area contributed by atoms with E-state index < -0.39 is 0 Å². The lowest BCUT2D eigenvalue weighted by Gasteiger charge is -1.85. The molecule has 0 rings (SSSR count). The normalized spacial score (nSPS) is 7.60. The summed E-state index contributed by atoms with van der Waals surface area (Å²) in [5.74, 6) is 0. The zero-order valence-electron chi connectivity index (χ0n) is 3.10. The first-order chi connectivity index (χ1) is 2.41. The Morgan fingerprint density at radius 1 is 1.80 bits per heavy atom. The Bertz CT molecular complexity index is 17.1. The molecule has 0 saturated heterocycles. The van der Waals surface area contributed by atoms with E-state index >= 15 is 0 Å². The number of hydrogen-bond donors (Lipinski definition) is 0. The van der Waals surface area contributed by atoms with E-state index in [4.69, 9.17) is 0 Å². The van der Waals surface area contributed by atoms with Crippen LogP contribution in [0, 0.1) is 0 Å². The fraction of sp³-hybridized carbons (Fsp3) is 1.00. The summed E-state index contributed by atoms with van der Waals surface area (Å²) in [6, 6.07) is 0. The van der Waals surface area contributed by atoms with Gasteiger partial charge in [-0.25, -0.2) is 4.67 Å². The van der Waals surface area contributed by atoms with Crippen LogP contribution in [0.25, 0.3) is 0 Å². The summed E-state index contributed by atoms with van der Waals surface area (Å²) in [4.78, 5) is 4.30. The molecule has 2 nitrogen and oxygen atoms in total. The molecule has 1 unspecified atom stereocenters. The molecule has 0 aliphatic rings. The lowest BCUT2D eigenvalue weighted by atomic mass is 10.1. The van der Waals surface area contributed by atoms with Crippen molar-refractivity contribution < 1.29 is 9.48 Å². The monoisotopic (exact) mass is 92.0 g/mol. The summed E-state index contributed by atoms with van der Waals surface area (Å²) in [5, 5.41) is 0. The van der Waals surface area contributed by atoms with E-state index in [1.54, 1.807) is 0 Å². The summed E-state index contributed by atoms with van der Waals surface area (Å²) in [6.45, 7) is 1.85. The van der Waals surface area contributed by atoms with Gasteiger partial charge in [0.2, 0.25) is 0 Å². The minimum atomic E-state index is 0.601. The van der Waals surface area contributed by atoms with E-state index in [1.165, 1.54) is 0 Å². The van der Waals surface area contributed by atoms with Gasteiger partial charge in [0.1, 0.15) is 0 Å². The van der Waals surface area contributed by atoms with Crippen LogP contribution in [0.4, 0.5) is 0 Å². The van der Waals surface area contributed by atoms with E-state index in [0.29, 0.717) is 7.48 Å². The van der Waals surface area contributed by atoms with Crippen molar-refractivity contribution in [1.82, 2.24) is 0 Å². The average Bonchev–Trinajstić information content (AvgIpc) is 1.41. The van der Waals surface area contributed by atoms with Crippen LogP contribution < -0.4 is 0 Å². The fourth-order valence-corrected chi connectivity index (χ4v) is 0.204. The molecule has 0 spiro atoms. The van der Waals surface area contributed by atoms with Crippen LogP contribution in [-0.4, -0.2) is 7.48 Å². The summed E-state index contributed by atoms with van der Waals surface area (Å²) in [7, 11) is 2.58. The third kappa shape index (κ3) is 4.41. The highest BCUT2D eigenvalue weighted by atomic mass is 31.0. The van der Waals surface area contributed by atoms with E-state index in [1.807, 2.05) is 16.3 Å². The van der Waals surface area contributed by atoms with E-state index in [9.17, 15) is 0 Å². The zero-order chi connectivity index (χ0) is 4.12. The fourth-order valence-electron chi connectivity index (χ4n) is 0.0680. The Kier molecular flexibility index (Phi) is 4.78. The zero-order valence-corrected chi connectivity index (χ0v) is 4.26. The topological polar surface area (TPSA) is 18.5 Å². The maximum atomic E-state index is 4.30. The molecule has 0 aliphatic heterocycles. The second-order valence-electron chi connectivity index (χ2n) is 0.503. The van der Waals surface area contributed by atoms with Crippen molar-refractivity contribution in [3.05, 3.63) is 0 Å². The molecule has 0 aliphatic carbocycles. The van der Waals surface area contributed by atoms with Crippen LogP contribution in [0.2, 0.25) is 6.82 Å². The SMILES string of the molecule is CBOOP. The Balaban J connectivity index is 2.19. The van der Waals surface area contributed by atoms with Crippen molar-refractivity contribution in [2.75, 3.05) is 0 Å². The molecule has 30 valence electrons. The van der Waals surface area contributed by atoms with Crippen LogP contribution in [-0.2, 0) is 9.48 Å². The molecule has 5 heavy (non-hydrogen) atoms. The molecule has 0 saturated carbocycles. The quantitative estimate of drug-likeness (QED) is 0.208. The van der Waals surface area contributed by atoms with Gasteiger partial charge in [-0.05, 0) is 0 Å². The second kappa shape index (κ2) is 4.41. The maximum Gasteiger partial charge on any atom is 0.320 e. The van der Waals surface area contributed by atoms with Gasteiger partial charge >= 0.3 is 7.48 Å². The standard InChI is InChI=1S/CH6BO2P/c1-2-3-4-5/h2H,5H2,1H3. The highest BCUT2D eigenvalue weighted by Gasteiger charge is 1.69. The van der Waals surface area contributed by atoms with Crippen molar-refractivity contribution in [2.45, 2.75) is 6.82 Å². The predicted octanol–water partition coefficient (Wildman–Crippen LogP) is 0.124. The van der Waals surface area contributed by atoms with E-state index in [2.05, 4.69) is 9.48 Å². The first-order valence-corrected chi connectivity index (χ1v) is 1.87. The van der Waals surface area contributed by atoms with Gasteiger partial charge in [-0.2, -0.15) is 0 Å². The largest absolute Gasteiger partial charge is 0.320 e. The van der Waals surface area contributed by atoms with Gasteiger partial charge in [0.25, 0.3) is 0 Å². The molecule has 1 atom stereocenters. The van der Waals surface area contributed by atoms with Crippen LogP contribution in [0.3, 0.4) is 0 Å². The molecule has 0 fully saturated rings. The Morgan fingerprint density at radius 3 is 2.40 bits per heavy atom. The van der Waals surface area contributed by atoms with Gasteiger partial charge in [-0.3, -0.25) is 0 Å². The van der Waals surface area contributed by atoms with Crippen LogP contribution in [0.5, 0.6) is 0 Å². The summed E-state index contributed by atoms with van der Waals surface area (Å²) >= 11 is 0. The molecule has 0 heterocycles. The Labute approximate surface area is 34.3 Å². The van der Waals surface area contributed by atoms with Crippen molar-refractivity contribution in [2.24, 2.45) is 0 Å². The van der Waals surface area contributed by atoms with Gasteiger partial charge in [0.05, 0.1) is 0 Å². The highest BCUT2D eigenvalue weighted by Crippen LogP contribution is 1.81. The smallest absolute Gasteiger partial charge is 0.307 e. The summed E-state index contributed by atoms with van der Waals surface area (Å²) in [5.41, 5.74) is 0. The third-order valence-corrected chi connectivity index (χ3v) is 0.322. The van der Waals surface area contributed by atoms with Crippen LogP contribution in [0.1, 0.15) is 0 Å². The molecule has 0 aromatic carbocycles. The van der Waals surface area contributed by atoms with E-state index in [-0.39, 0.29) is 0 Å². The van der Waals surface area contributed by atoms with Gasteiger partial charge in [0, 0.05) is 9.47 Å². The van der Waals surface area contributed by atoms with Crippen molar-refractivity contribution in [1.29, 1.82) is 0 Å². The van der Waals surface area contributed by atoms with Gasteiger partial charge < -0.3 is 4.81 Å². The molecule has 0 aromatic rings. The molecular formula is CH6BO2P. The minimum Gasteiger partial charge on any atom is -0.307 e. The first-order valence-electron chi connectivity index (χ1n) is 1.40. The number of rotatable bonds is 2. The van der Waals surface area contributed by atoms with Gasteiger partial charge in [0.15, 0.2) is 0 Å². The Hall–Kier alpha value is 0.415. The average molecular weight is 91.8 g/mol. The molecule has 4 heteroatoms. The molecule has 0 bridgehead atoms. The first kappa shape index (κ1) is 5.41. The molecular weight excluding hydrogens is 85.8 g/mol. The molecule has 0 N–H and O–H groups in total. The van der Waals surface area contributed by atoms with Gasteiger partial charge in [-0.1, -0.05) is 6.82 Å². The third-order valence-electron chi connectivity index (χ3n) is 0.186. The summed E-state index contributed by atoms with van der Waals surface area (Å²) < 4.78 is 4.11. The summed E-state index contributed by atoms with van der Waals surface area (Å²) in [6.07, 6.45) is 0. The van der Waals surface area contributed by atoms with Crippen LogP contribution in [0.15, 0.2) is 0 Å². The predicted molar refractivity (Wildman–Crippen MR) is 24.9 cm³/mol. The van der Waals surface area contributed by atoms with Crippen LogP contribution >= 0.6 is 9.47 Å². The van der Waals surface area contributed by atoms with Gasteiger partial charge in [-0.15, -0.1) is 0 Å². The maximum absolute atomic E-state index is 4.30. The lowest BCUT2D eigenvalue weighted by molar-refractivity contribution is -0.0777. The molecule has 0 amide bonds. The number of hydrogen-bond acceptors (Lipinski definition) is 2. The molecule has 0 radical (unpaired) electrons. The highest BCUT2D eigenvalue weighted by molar-refractivity contribution is 7.09. The molecule has 0 aromatic heterocycles. The van der Waals surface area contributed by atoms with Crippen molar-refractivity contribution in [3.8, 4) is 0 Å². The lowest BCUT2D eigenvalue weighted by Crippen LogP contribution is -1.83.